The number of hydrogen-bond acceptors (Lipinski definition) is 2. The average molecular weight is 290 g/mol. The van der Waals surface area contributed by atoms with Gasteiger partial charge in [0.15, 0.2) is 0 Å². The molecule has 0 saturated carbocycles. The lowest BCUT2D eigenvalue weighted by molar-refractivity contribution is 0.0697. The molecule has 0 bridgehead atoms. The number of nitrogens with zero attached hydrogens (tertiary/aromatic N) is 1. The first-order chi connectivity index (χ1) is 10.1. The minimum absolute atomic E-state index is 0.00343. The van der Waals surface area contributed by atoms with Crippen molar-refractivity contribution in [2.24, 2.45) is 0 Å². The highest BCUT2D eigenvalue weighted by Crippen LogP contribution is 2.27. The fourth-order valence-electron chi connectivity index (χ4n) is 2.68. The van der Waals surface area contributed by atoms with Crippen LogP contribution in [0.3, 0.4) is 0 Å². The van der Waals surface area contributed by atoms with E-state index in [0.29, 0.717) is 18.7 Å². The van der Waals surface area contributed by atoms with Crippen LogP contribution < -0.4 is 5.32 Å². The van der Waals surface area contributed by atoms with Crippen LogP contribution >= 0.6 is 0 Å². The van der Waals surface area contributed by atoms with Gasteiger partial charge in [0.2, 0.25) is 0 Å². The maximum atomic E-state index is 12.0. The number of rotatable bonds is 4. The molecule has 1 aliphatic rings. The molecule has 1 unspecified atom stereocenters. The van der Waals surface area contributed by atoms with E-state index in [9.17, 15) is 9.59 Å². The van der Waals surface area contributed by atoms with Gasteiger partial charge in [-0.3, -0.25) is 0 Å². The number of carboxylic acid groups (broad SMARTS) is 1. The minimum Gasteiger partial charge on any atom is -0.478 e. The fourth-order valence-corrected chi connectivity index (χ4v) is 2.68. The maximum Gasteiger partial charge on any atom is 0.335 e. The van der Waals surface area contributed by atoms with Crippen molar-refractivity contribution in [2.75, 3.05) is 19.6 Å². The number of likely N-dealkylation sites (tertiary alicyclic amines) is 1. The Hall–Kier alpha value is -2.04. The van der Waals surface area contributed by atoms with Gasteiger partial charge in [0, 0.05) is 25.6 Å². The molecule has 0 spiro atoms. The zero-order valence-electron chi connectivity index (χ0n) is 12.3. The summed E-state index contributed by atoms with van der Waals surface area (Å²) in [6, 6.07) is 6.99. The molecule has 1 aromatic rings. The van der Waals surface area contributed by atoms with Crippen molar-refractivity contribution in [3.05, 3.63) is 35.4 Å². The van der Waals surface area contributed by atoms with Gasteiger partial charge in [0.1, 0.15) is 0 Å². The Balaban J connectivity index is 2.00. The van der Waals surface area contributed by atoms with E-state index in [1.807, 2.05) is 24.0 Å². The topological polar surface area (TPSA) is 69.6 Å². The van der Waals surface area contributed by atoms with Crippen LogP contribution in [0.15, 0.2) is 24.3 Å². The Kier molecular flexibility index (Phi) is 5.20. The molecule has 1 heterocycles. The number of aromatic carboxylic acids is 1. The monoisotopic (exact) mass is 290 g/mol. The first-order valence-corrected chi connectivity index (χ1v) is 7.48. The number of benzene rings is 1. The lowest BCUT2D eigenvalue weighted by atomic mass is 9.90. The molecule has 1 fully saturated rings. The second-order valence-electron chi connectivity index (χ2n) is 5.44. The van der Waals surface area contributed by atoms with Gasteiger partial charge in [-0.25, -0.2) is 9.59 Å². The smallest absolute Gasteiger partial charge is 0.335 e. The summed E-state index contributed by atoms with van der Waals surface area (Å²) in [5.74, 6) is -0.625. The molecule has 2 rings (SSSR count). The van der Waals surface area contributed by atoms with Gasteiger partial charge >= 0.3 is 12.0 Å². The van der Waals surface area contributed by atoms with E-state index in [-0.39, 0.29) is 11.9 Å². The first kappa shape index (κ1) is 15.4. The largest absolute Gasteiger partial charge is 0.478 e. The van der Waals surface area contributed by atoms with Crippen molar-refractivity contribution in [1.82, 2.24) is 10.2 Å². The second kappa shape index (κ2) is 7.11. The lowest BCUT2D eigenvalue weighted by Gasteiger charge is -2.33. The SMILES string of the molecule is CCCNC(=O)N1CCCC(c2ccc(C(=O)O)cc2)C1. The summed E-state index contributed by atoms with van der Waals surface area (Å²) in [5, 5.41) is 11.8. The molecule has 114 valence electrons. The molecule has 5 heteroatoms. The van der Waals surface area contributed by atoms with Gasteiger partial charge in [-0.15, -0.1) is 0 Å². The van der Waals surface area contributed by atoms with Gasteiger partial charge in [0.25, 0.3) is 0 Å². The van der Waals surface area contributed by atoms with Gasteiger partial charge < -0.3 is 15.3 Å². The Labute approximate surface area is 125 Å². The Morgan fingerprint density at radius 2 is 2.05 bits per heavy atom. The van der Waals surface area contributed by atoms with Crippen molar-refractivity contribution < 1.29 is 14.7 Å². The number of hydrogen-bond donors (Lipinski definition) is 2. The molecule has 1 aliphatic heterocycles. The summed E-state index contributed by atoms with van der Waals surface area (Å²) in [7, 11) is 0. The highest BCUT2D eigenvalue weighted by atomic mass is 16.4. The third kappa shape index (κ3) is 3.97. The number of urea groups is 1. The van der Waals surface area contributed by atoms with E-state index in [1.54, 1.807) is 12.1 Å². The van der Waals surface area contributed by atoms with Gasteiger partial charge in [0.05, 0.1) is 5.56 Å². The van der Waals surface area contributed by atoms with E-state index in [0.717, 1.165) is 31.4 Å². The fraction of sp³-hybridized carbons (Fsp3) is 0.500. The predicted octanol–water partition coefficient (Wildman–Crippen LogP) is 2.68. The number of nitrogens with one attached hydrogen (secondary N) is 1. The highest BCUT2D eigenvalue weighted by molar-refractivity contribution is 5.87. The summed E-state index contributed by atoms with van der Waals surface area (Å²) in [5.41, 5.74) is 1.40. The van der Waals surface area contributed by atoms with Crippen LogP contribution in [0.1, 0.15) is 48.0 Å². The summed E-state index contributed by atoms with van der Waals surface area (Å²) < 4.78 is 0. The number of amides is 2. The van der Waals surface area contributed by atoms with E-state index >= 15 is 0 Å². The Morgan fingerprint density at radius 1 is 1.33 bits per heavy atom. The molecule has 1 saturated heterocycles. The normalized spacial score (nSPS) is 18.3. The lowest BCUT2D eigenvalue weighted by Crippen LogP contribution is -2.45. The maximum absolute atomic E-state index is 12.0. The van der Waals surface area contributed by atoms with E-state index in [2.05, 4.69) is 5.32 Å². The molecule has 2 amide bonds. The van der Waals surface area contributed by atoms with E-state index < -0.39 is 5.97 Å². The van der Waals surface area contributed by atoms with Gasteiger partial charge in [-0.05, 0) is 37.0 Å². The summed E-state index contributed by atoms with van der Waals surface area (Å²) in [4.78, 5) is 24.7. The third-order valence-corrected chi connectivity index (χ3v) is 3.86. The van der Waals surface area contributed by atoms with Crippen LogP contribution in [0.25, 0.3) is 0 Å². The number of carbonyl (C=O) groups excluding carboxylic acids is 1. The van der Waals surface area contributed by atoms with Crippen molar-refractivity contribution in [1.29, 1.82) is 0 Å². The Bertz CT molecular complexity index is 499. The number of carboxylic acids is 1. The van der Waals surface area contributed by atoms with Crippen LogP contribution in [0, 0.1) is 0 Å². The van der Waals surface area contributed by atoms with Gasteiger partial charge in [-0.2, -0.15) is 0 Å². The molecule has 5 nitrogen and oxygen atoms in total. The van der Waals surface area contributed by atoms with Gasteiger partial charge in [-0.1, -0.05) is 19.1 Å². The molecule has 1 atom stereocenters. The van der Waals surface area contributed by atoms with Crippen molar-refractivity contribution in [2.45, 2.75) is 32.1 Å². The molecular weight excluding hydrogens is 268 g/mol. The molecule has 21 heavy (non-hydrogen) atoms. The Morgan fingerprint density at radius 3 is 2.67 bits per heavy atom. The van der Waals surface area contributed by atoms with Crippen LogP contribution in [0.5, 0.6) is 0 Å². The molecule has 2 N–H and O–H groups in total. The van der Waals surface area contributed by atoms with Crippen LogP contribution in [0.4, 0.5) is 4.79 Å². The number of piperidine rings is 1. The molecule has 0 radical (unpaired) electrons. The predicted molar refractivity (Wildman–Crippen MR) is 80.6 cm³/mol. The van der Waals surface area contributed by atoms with Crippen LogP contribution in [-0.2, 0) is 0 Å². The van der Waals surface area contributed by atoms with Crippen LogP contribution in [-0.4, -0.2) is 41.6 Å². The second-order valence-corrected chi connectivity index (χ2v) is 5.44. The van der Waals surface area contributed by atoms with E-state index in [4.69, 9.17) is 5.11 Å². The molecular formula is C16H22N2O3. The standard InChI is InChI=1S/C16H22N2O3/c1-2-9-17-16(21)18-10-3-4-14(11-18)12-5-7-13(8-6-12)15(19)20/h5-8,14H,2-4,9-11H2,1H3,(H,17,21)(H,19,20). The summed E-state index contributed by atoms with van der Waals surface area (Å²) in [6.07, 6.45) is 2.94. The zero-order chi connectivity index (χ0) is 15.2. The third-order valence-electron chi connectivity index (χ3n) is 3.86. The van der Waals surface area contributed by atoms with Crippen molar-refractivity contribution >= 4 is 12.0 Å². The average Bonchev–Trinajstić information content (AvgIpc) is 2.52. The molecule has 0 aliphatic carbocycles. The van der Waals surface area contributed by atoms with E-state index in [1.165, 1.54) is 0 Å². The van der Waals surface area contributed by atoms with Crippen molar-refractivity contribution in [3.63, 3.8) is 0 Å². The minimum atomic E-state index is -0.911. The van der Waals surface area contributed by atoms with Crippen LogP contribution in [0.2, 0.25) is 0 Å². The first-order valence-electron chi connectivity index (χ1n) is 7.48. The summed E-state index contributed by atoms with van der Waals surface area (Å²) in [6.45, 7) is 4.22. The molecule has 0 aromatic heterocycles. The quantitative estimate of drug-likeness (QED) is 0.895. The van der Waals surface area contributed by atoms with Crippen molar-refractivity contribution in [3.8, 4) is 0 Å². The molecule has 1 aromatic carbocycles. The number of carbonyl (C=O) groups is 2. The zero-order valence-corrected chi connectivity index (χ0v) is 12.3. The summed E-state index contributed by atoms with van der Waals surface area (Å²) >= 11 is 0. The highest BCUT2D eigenvalue weighted by Gasteiger charge is 2.24.